The number of hydrogen-bond acceptors (Lipinski definition) is 3. The Balaban J connectivity index is 2.69. The summed E-state index contributed by atoms with van der Waals surface area (Å²) in [6.07, 6.45) is 0.112. The third-order valence-corrected chi connectivity index (χ3v) is 2.86. The predicted octanol–water partition coefficient (Wildman–Crippen LogP) is 2.66. The Bertz CT molecular complexity index is 483. The van der Waals surface area contributed by atoms with Gasteiger partial charge in [0.15, 0.2) is 0 Å². The Labute approximate surface area is 118 Å². The first-order valence-corrected chi connectivity index (χ1v) is 6.42. The lowest BCUT2D eigenvalue weighted by molar-refractivity contribution is -0.139. The fraction of sp³-hybridized carbons (Fsp3) is 0.467. The van der Waals surface area contributed by atoms with Gasteiger partial charge in [-0.1, -0.05) is 32.0 Å². The molecule has 0 saturated carbocycles. The molecule has 2 N–H and O–H groups in total. The lowest BCUT2D eigenvalue weighted by atomic mass is 9.85. The molecule has 1 aromatic carbocycles. The van der Waals surface area contributed by atoms with Crippen LogP contribution in [0.2, 0.25) is 0 Å². The van der Waals surface area contributed by atoms with Crippen molar-refractivity contribution in [2.45, 2.75) is 33.3 Å². The maximum atomic E-state index is 12.0. The van der Waals surface area contributed by atoms with E-state index >= 15 is 0 Å². The molecular formula is C15H21NO4. The van der Waals surface area contributed by atoms with Gasteiger partial charge in [0, 0.05) is 24.8 Å². The number of para-hydroxylation sites is 1. The van der Waals surface area contributed by atoms with Crippen molar-refractivity contribution in [3.63, 3.8) is 0 Å². The van der Waals surface area contributed by atoms with Gasteiger partial charge in [-0.2, -0.15) is 0 Å². The molecule has 1 aromatic rings. The smallest absolute Gasteiger partial charge is 0.303 e. The Kier molecular flexibility index (Phi) is 5.70. The minimum absolute atomic E-state index is 0.0415. The number of amides is 1. The molecule has 110 valence electrons. The Morgan fingerprint density at radius 3 is 2.50 bits per heavy atom. The highest BCUT2D eigenvalue weighted by Gasteiger charge is 2.25. The number of hydrogen-bond donors (Lipinski definition) is 2. The summed E-state index contributed by atoms with van der Waals surface area (Å²) < 4.78 is 5.07. The second kappa shape index (κ2) is 7.05. The second-order valence-electron chi connectivity index (χ2n) is 5.55. The van der Waals surface area contributed by atoms with Gasteiger partial charge in [0.25, 0.3) is 0 Å². The SMILES string of the molecule is COCc1ccccc1NC(=O)CC(C)(C)CC(=O)O. The highest BCUT2D eigenvalue weighted by atomic mass is 16.5. The van der Waals surface area contributed by atoms with E-state index in [0.717, 1.165) is 5.56 Å². The van der Waals surface area contributed by atoms with Gasteiger partial charge in [0.05, 0.1) is 13.0 Å². The fourth-order valence-electron chi connectivity index (χ4n) is 2.02. The molecule has 0 unspecified atom stereocenters. The zero-order chi connectivity index (χ0) is 15.2. The average Bonchev–Trinajstić information content (AvgIpc) is 2.29. The number of aliphatic carboxylic acids is 1. The monoisotopic (exact) mass is 279 g/mol. The number of carbonyl (C=O) groups is 2. The molecule has 0 saturated heterocycles. The van der Waals surface area contributed by atoms with E-state index in [2.05, 4.69) is 5.32 Å². The number of carboxylic acid groups (broad SMARTS) is 1. The molecule has 0 aliphatic rings. The third kappa shape index (κ3) is 5.40. The summed E-state index contributed by atoms with van der Waals surface area (Å²) in [6, 6.07) is 7.38. The molecule has 5 nitrogen and oxygen atoms in total. The second-order valence-corrected chi connectivity index (χ2v) is 5.55. The third-order valence-electron chi connectivity index (χ3n) is 2.86. The van der Waals surface area contributed by atoms with Crippen molar-refractivity contribution in [1.82, 2.24) is 0 Å². The van der Waals surface area contributed by atoms with Crippen LogP contribution < -0.4 is 5.32 Å². The van der Waals surface area contributed by atoms with Crippen molar-refractivity contribution in [1.29, 1.82) is 0 Å². The average molecular weight is 279 g/mol. The molecule has 0 aliphatic carbocycles. The van der Waals surface area contributed by atoms with Crippen molar-refractivity contribution in [3.05, 3.63) is 29.8 Å². The van der Waals surface area contributed by atoms with E-state index in [1.165, 1.54) is 0 Å². The zero-order valence-corrected chi connectivity index (χ0v) is 12.1. The van der Waals surface area contributed by atoms with Crippen LogP contribution in [0.4, 0.5) is 5.69 Å². The molecule has 1 amide bonds. The van der Waals surface area contributed by atoms with Crippen LogP contribution in [-0.4, -0.2) is 24.1 Å². The summed E-state index contributed by atoms with van der Waals surface area (Å²) >= 11 is 0. The summed E-state index contributed by atoms with van der Waals surface area (Å²) in [5.74, 6) is -1.10. The van der Waals surface area contributed by atoms with E-state index in [1.54, 1.807) is 27.0 Å². The van der Waals surface area contributed by atoms with Gasteiger partial charge >= 0.3 is 5.97 Å². The maximum absolute atomic E-state index is 12.0. The molecule has 0 aliphatic heterocycles. The van der Waals surface area contributed by atoms with Crippen molar-refractivity contribution in [2.24, 2.45) is 5.41 Å². The summed E-state index contributed by atoms with van der Waals surface area (Å²) in [7, 11) is 1.59. The molecule has 0 atom stereocenters. The predicted molar refractivity (Wildman–Crippen MR) is 76.4 cm³/mol. The minimum atomic E-state index is -0.900. The van der Waals surface area contributed by atoms with Crippen LogP contribution in [0.1, 0.15) is 32.3 Å². The molecule has 0 aromatic heterocycles. The van der Waals surface area contributed by atoms with E-state index in [4.69, 9.17) is 9.84 Å². The number of methoxy groups -OCH3 is 1. The molecule has 0 bridgehead atoms. The van der Waals surface area contributed by atoms with Gasteiger partial charge in [-0.05, 0) is 11.5 Å². The normalized spacial score (nSPS) is 11.2. The van der Waals surface area contributed by atoms with Gasteiger partial charge in [0.2, 0.25) is 5.91 Å². The van der Waals surface area contributed by atoms with E-state index in [-0.39, 0.29) is 18.7 Å². The number of rotatable bonds is 7. The molecule has 0 fully saturated rings. The van der Waals surface area contributed by atoms with Crippen LogP contribution in [0.5, 0.6) is 0 Å². The van der Waals surface area contributed by atoms with Crippen molar-refractivity contribution < 1.29 is 19.4 Å². The Morgan fingerprint density at radius 1 is 1.25 bits per heavy atom. The number of anilines is 1. The topological polar surface area (TPSA) is 75.6 Å². The minimum Gasteiger partial charge on any atom is -0.481 e. The summed E-state index contributed by atoms with van der Waals surface area (Å²) in [4.78, 5) is 22.8. The number of benzene rings is 1. The number of carboxylic acids is 1. The van der Waals surface area contributed by atoms with Gasteiger partial charge < -0.3 is 15.2 Å². The van der Waals surface area contributed by atoms with Crippen LogP contribution in [0.15, 0.2) is 24.3 Å². The fourth-order valence-corrected chi connectivity index (χ4v) is 2.02. The first-order chi connectivity index (χ1) is 9.34. The number of nitrogens with one attached hydrogen (secondary N) is 1. The first-order valence-electron chi connectivity index (χ1n) is 6.42. The van der Waals surface area contributed by atoms with Crippen LogP contribution in [0.25, 0.3) is 0 Å². The van der Waals surface area contributed by atoms with Crippen molar-refractivity contribution >= 4 is 17.6 Å². The molecule has 5 heteroatoms. The molecule has 20 heavy (non-hydrogen) atoms. The first kappa shape index (κ1) is 16.2. The van der Waals surface area contributed by atoms with Gasteiger partial charge in [0.1, 0.15) is 0 Å². The maximum Gasteiger partial charge on any atom is 0.303 e. The highest BCUT2D eigenvalue weighted by Crippen LogP contribution is 2.26. The van der Waals surface area contributed by atoms with Crippen LogP contribution >= 0.6 is 0 Å². The van der Waals surface area contributed by atoms with Crippen LogP contribution in [-0.2, 0) is 20.9 Å². The molecular weight excluding hydrogens is 258 g/mol. The van der Waals surface area contributed by atoms with E-state index in [9.17, 15) is 9.59 Å². The Morgan fingerprint density at radius 2 is 1.90 bits per heavy atom. The van der Waals surface area contributed by atoms with Gasteiger partial charge in [-0.3, -0.25) is 9.59 Å². The Hall–Kier alpha value is -1.88. The van der Waals surface area contributed by atoms with Crippen molar-refractivity contribution in [2.75, 3.05) is 12.4 Å². The molecule has 0 radical (unpaired) electrons. The van der Waals surface area contributed by atoms with E-state index in [0.29, 0.717) is 12.3 Å². The number of carbonyl (C=O) groups excluding carboxylic acids is 1. The molecule has 0 spiro atoms. The summed E-state index contributed by atoms with van der Waals surface area (Å²) in [5, 5.41) is 11.6. The van der Waals surface area contributed by atoms with E-state index in [1.807, 2.05) is 18.2 Å². The van der Waals surface area contributed by atoms with Crippen LogP contribution in [0, 0.1) is 5.41 Å². The van der Waals surface area contributed by atoms with Crippen LogP contribution in [0.3, 0.4) is 0 Å². The van der Waals surface area contributed by atoms with Gasteiger partial charge in [-0.25, -0.2) is 0 Å². The summed E-state index contributed by atoms with van der Waals surface area (Å²) in [5.41, 5.74) is 1.01. The van der Waals surface area contributed by atoms with Crippen molar-refractivity contribution in [3.8, 4) is 0 Å². The zero-order valence-electron chi connectivity index (χ0n) is 12.1. The standard InChI is InChI=1S/C15H21NO4/c1-15(2,9-14(18)19)8-13(17)16-12-7-5-4-6-11(12)10-20-3/h4-7H,8-10H2,1-3H3,(H,16,17)(H,18,19). The quantitative estimate of drug-likeness (QED) is 0.804. The largest absolute Gasteiger partial charge is 0.481 e. The molecule has 1 rings (SSSR count). The molecule has 0 heterocycles. The van der Waals surface area contributed by atoms with E-state index < -0.39 is 11.4 Å². The van der Waals surface area contributed by atoms with Gasteiger partial charge in [-0.15, -0.1) is 0 Å². The lowest BCUT2D eigenvalue weighted by Gasteiger charge is -2.22. The number of ether oxygens (including phenoxy) is 1. The summed E-state index contributed by atoms with van der Waals surface area (Å²) in [6.45, 7) is 3.94. The lowest BCUT2D eigenvalue weighted by Crippen LogP contribution is -2.25. The highest BCUT2D eigenvalue weighted by molar-refractivity contribution is 5.92.